The highest BCUT2D eigenvalue weighted by Gasteiger charge is 2.33. The predicted octanol–water partition coefficient (Wildman–Crippen LogP) is 3.84. The van der Waals surface area contributed by atoms with Crippen LogP contribution in [0.25, 0.3) is 0 Å². The Morgan fingerprint density at radius 1 is 0.882 bits per heavy atom. The molecule has 2 nitrogen and oxygen atoms in total. The first-order valence-electron chi connectivity index (χ1n) is 7.36. The number of hydrogen-bond acceptors (Lipinski definition) is 2. The molecule has 0 saturated heterocycles. The van der Waals surface area contributed by atoms with Crippen LogP contribution in [0.4, 0.5) is 0 Å². The van der Waals surface area contributed by atoms with Crippen molar-refractivity contribution in [1.82, 2.24) is 4.90 Å². The Bertz CT molecular complexity index is 205. The predicted molar refractivity (Wildman–Crippen MR) is 74.4 cm³/mol. The van der Waals surface area contributed by atoms with E-state index in [1.54, 1.807) is 0 Å². The van der Waals surface area contributed by atoms with Crippen molar-refractivity contribution in [3.05, 3.63) is 0 Å². The monoisotopic (exact) mass is 241 g/mol. The van der Waals surface area contributed by atoms with Gasteiger partial charge in [0, 0.05) is 18.1 Å². The van der Waals surface area contributed by atoms with E-state index in [9.17, 15) is 0 Å². The van der Waals surface area contributed by atoms with E-state index in [0.717, 1.165) is 0 Å². The third-order valence-electron chi connectivity index (χ3n) is 3.69. The molecule has 2 heteroatoms. The number of nitrogens with zero attached hydrogens (tertiary/aromatic N) is 1. The number of rotatable bonds is 5. The van der Waals surface area contributed by atoms with Gasteiger partial charge in [-0.3, -0.25) is 4.90 Å². The summed E-state index contributed by atoms with van der Waals surface area (Å²) in [6, 6.07) is 1.83. The summed E-state index contributed by atoms with van der Waals surface area (Å²) in [7, 11) is 0. The topological polar surface area (TPSA) is 12.5 Å². The fourth-order valence-electron chi connectivity index (χ4n) is 3.29. The maximum Gasteiger partial charge on any atom is 0.0733 e. The number of hydrogen-bond donors (Lipinski definition) is 0. The molecule has 0 bridgehead atoms. The van der Waals surface area contributed by atoms with Crippen LogP contribution in [0, 0.1) is 0 Å². The van der Waals surface area contributed by atoms with Crippen molar-refractivity contribution < 1.29 is 4.74 Å². The molecule has 2 atom stereocenters. The Balaban J connectivity index is 2.74. The van der Waals surface area contributed by atoms with Gasteiger partial charge in [-0.2, -0.15) is 0 Å². The molecule has 2 unspecified atom stereocenters. The minimum absolute atomic E-state index is 0.349. The molecule has 0 aromatic heterocycles. The Labute approximate surface area is 108 Å². The van der Waals surface area contributed by atoms with E-state index in [0.29, 0.717) is 30.3 Å². The molecule has 102 valence electrons. The van der Waals surface area contributed by atoms with Crippen LogP contribution in [0.1, 0.15) is 67.2 Å². The summed E-state index contributed by atoms with van der Waals surface area (Å²) in [6.07, 6.45) is 6.01. The summed E-state index contributed by atoms with van der Waals surface area (Å²) < 4.78 is 6.14. The maximum absolute atomic E-state index is 6.14. The zero-order chi connectivity index (χ0) is 13.0. The van der Waals surface area contributed by atoms with Crippen molar-refractivity contribution in [2.24, 2.45) is 0 Å². The van der Waals surface area contributed by atoms with E-state index in [-0.39, 0.29) is 0 Å². The van der Waals surface area contributed by atoms with Gasteiger partial charge in [-0.15, -0.1) is 0 Å². The van der Waals surface area contributed by atoms with Crippen LogP contribution in [-0.4, -0.2) is 35.2 Å². The summed E-state index contributed by atoms with van der Waals surface area (Å²) >= 11 is 0. The Morgan fingerprint density at radius 2 is 1.41 bits per heavy atom. The van der Waals surface area contributed by atoms with Crippen molar-refractivity contribution in [1.29, 1.82) is 0 Å². The fraction of sp³-hybridized carbons (Fsp3) is 1.00. The quantitative estimate of drug-likeness (QED) is 0.725. The average Bonchev–Trinajstić information content (AvgIpc) is 2.18. The Hall–Kier alpha value is -0.0800. The summed E-state index contributed by atoms with van der Waals surface area (Å²) in [4.78, 5) is 2.65. The van der Waals surface area contributed by atoms with Gasteiger partial charge in [0.25, 0.3) is 0 Å². The van der Waals surface area contributed by atoms with Crippen LogP contribution in [0.5, 0.6) is 0 Å². The average molecular weight is 241 g/mol. The van der Waals surface area contributed by atoms with E-state index in [4.69, 9.17) is 4.74 Å². The van der Waals surface area contributed by atoms with E-state index in [2.05, 4.69) is 46.4 Å². The molecule has 0 amide bonds. The minimum Gasteiger partial charge on any atom is -0.374 e. The van der Waals surface area contributed by atoms with Crippen LogP contribution in [0.2, 0.25) is 0 Å². The third kappa shape index (κ3) is 4.26. The molecule has 1 saturated carbocycles. The lowest BCUT2D eigenvalue weighted by Gasteiger charge is -2.44. The van der Waals surface area contributed by atoms with Crippen LogP contribution >= 0.6 is 0 Å². The van der Waals surface area contributed by atoms with Crippen molar-refractivity contribution in [3.8, 4) is 0 Å². The van der Waals surface area contributed by atoms with E-state index in [1.807, 2.05) is 0 Å². The zero-order valence-electron chi connectivity index (χ0n) is 12.6. The van der Waals surface area contributed by atoms with Crippen LogP contribution in [-0.2, 0) is 4.74 Å². The summed E-state index contributed by atoms with van der Waals surface area (Å²) in [5.41, 5.74) is 0. The highest BCUT2D eigenvalue weighted by molar-refractivity contribution is 4.87. The van der Waals surface area contributed by atoms with Gasteiger partial charge < -0.3 is 4.74 Å². The molecule has 0 aromatic carbocycles. The molecule has 0 heterocycles. The molecule has 1 rings (SSSR count). The van der Waals surface area contributed by atoms with Crippen LogP contribution < -0.4 is 0 Å². The van der Waals surface area contributed by atoms with Gasteiger partial charge in [0.05, 0.1) is 12.2 Å². The van der Waals surface area contributed by atoms with Gasteiger partial charge in [-0.25, -0.2) is 0 Å². The largest absolute Gasteiger partial charge is 0.374 e. The Morgan fingerprint density at radius 3 is 1.88 bits per heavy atom. The maximum atomic E-state index is 6.14. The SMILES string of the molecule is CC(C)OC1CCCCC1N(C(C)C)C(C)C. The molecule has 0 aliphatic heterocycles. The van der Waals surface area contributed by atoms with E-state index in [1.165, 1.54) is 25.7 Å². The highest BCUT2D eigenvalue weighted by Crippen LogP contribution is 2.29. The Kier molecular flexibility index (Phi) is 5.94. The van der Waals surface area contributed by atoms with Crippen LogP contribution in [0.15, 0.2) is 0 Å². The highest BCUT2D eigenvalue weighted by atomic mass is 16.5. The van der Waals surface area contributed by atoms with Crippen LogP contribution in [0.3, 0.4) is 0 Å². The van der Waals surface area contributed by atoms with Gasteiger partial charge in [-0.05, 0) is 54.4 Å². The van der Waals surface area contributed by atoms with Gasteiger partial charge in [0.2, 0.25) is 0 Å². The van der Waals surface area contributed by atoms with E-state index >= 15 is 0 Å². The lowest BCUT2D eigenvalue weighted by molar-refractivity contribution is -0.0782. The molecule has 0 radical (unpaired) electrons. The molecule has 1 aliphatic rings. The standard InChI is InChI=1S/C15H31NO/c1-11(2)16(12(3)4)14-9-7-8-10-15(14)17-13(5)6/h11-15H,7-10H2,1-6H3. The molecular formula is C15H31NO. The first kappa shape index (κ1) is 15.0. The normalized spacial score (nSPS) is 26.5. The first-order valence-corrected chi connectivity index (χ1v) is 7.36. The van der Waals surface area contributed by atoms with Gasteiger partial charge >= 0.3 is 0 Å². The minimum atomic E-state index is 0.349. The zero-order valence-corrected chi connectivity index (χ0v) is 12.6. The second kappa shape index (κ2) is 6.75. The van der Waals surface area contributed by atoms with Crippen molar-refractivity contribution >= 4 is 0 Å². The summed E-state index contributed by atoms with van der Waals surface area (Å²) in [6.45, 7) is 13.5. The van der Waals surface area contributed by atoms with Crippen molar-refractivity contribution in [2.75, 3.05) is 0 Å². The first-order chi connectivity index (χ1) is 7.93. The van der Waals surface area contributed by atoms with E-state index < -0.39 is 0 Å². The molecule has 17 heavy (non-hydrogen) atoms. The third-order valence-corrected chi connectivity index (χ3v) is 3.69. The smallest absolute Gasteiger partial charge is 0.0733 e. The van der Waals surface area contributed by atoms with Crippen molar-refractivity contribution in [2.45, 2.75) is 97.6 Å². The lowest BCUT2D eigenvalue weighted by atomic mass is 9.89. The number of ether oxygens (including phenoxy) is 1. The molecule has 1 aliphatic carbocycles. The molecule has 1 fully saturated rings. The molecule has 0 spiro atoms. The lowest BCUT2D eigenvalue weighted by Crippen LogP contribution is -2.53. The second-order valence-corrected chi connectivity index (χ2v) is 6.21. The molecule has 0 N–H and O–H groups in total. The molecular weight excluding hydrogens is 210 g/mol. The molecule has 0 aromatic rings. The summed E-state index contributed by atoms with van der Waals surface area (Å²) in [5, 5.41) is 0. The fourth-order valence-corrected chi connectivity index (χ4v) is 3.29. The second-order valence-electron chi connectivity index (χ2n) is 6.21. The van der Waals surface area contributed by atoms with Gasteiger partial charge in [-0.1, -0.05) is 12.8 Å². The van der Waals surface area contributed by atoms with Gasteiger partial charge in [0.15, 0.2) is 0 Å². The van der Waals surface area contributed by atoms with Gasteiger partial charge in [0.1, 0.15) is 0 Å². The summed E-state index contributed by atoms with van der Waals surface area (Å²) in [5.74, 6) is 0. The van der Waals surface area contributed by atoms with Crippen molar-refractivity contribution in [3.63, 3.8) is 0 Å².